The Morgan fingerprint density at radius 1 is 0.969 bits per heavy atom. The maximum atomic E-state index is 13.3. The number of amides is 2. The highest BCUT2D eigenvalue weighted by Crippen LogP contribution is 2.27. The molecule has 6 heteroatoms. The third-order valence-corrected chi connectivity index (χ3v) is 5.82. The van der Waals surface area contributed by atoms with Gasteiger partial charge in [0.05, 0.1) is 0 Å². The molecule has 2 aromatic carbocycles. The van der Waals surface area contributed by atoms with Gasteiger partial charge in [0.1, 0.15) is 18.0 Å². The number of hydrogen-bond acceptors (Lipinski definition) is 4. The van der Waals surface area contributed by atoms with Crippen LogP contribution in [0.1, 0.15) is 17.5 Å². The molecule has 2 atom stereocenters. The first kappa shape index (κ1) is 21.6. The number of hydrogen-bond donors (Lipinski definition) is 0. The number of carbonyl (C=O) groups is 2. The first-order valence-corrected chi connectivity index (χ1v) is 10.8. The molecule has 2 amide bonds. The monoisotopic (exact) mass is 429 g/mol. The Morgan fingerprint density at radius 2 is 1.66 bits per heavy atom. The summed E-state index contributed by atoms with van der Waals surface area (Å²) in [6.45, 7) is -0.115. The molecule has 0 saturated carbocycles. The Labute approximate surface area is 188 Å². The van der Waals surface area contributed by atoms with Crippen molar-refractivity contribution in [1.82, 2.24) is 14.8 Å². The van der Waals surface area contributed by atoms with E-state index < -0.39 is 6.04 Å². The van der Waals surface area contributed by atoms with E-state index in [9.17, 15) is 9.59 Å². The molecular weight excluding hydrogens is 402 g/mol. The van der Waals surface area contributed by atoms with Crippen LogP contribution in [0.2, 0.25) is 0 Å². The average molecular weight is 430 g/mol. The summed E-state index contributed by atoms with van der Waals surface area (Å²) in [5.74, 6) is 0.378. The second kappa shape index (κ2) is 10.1. The van der Waals surface area contributed by atoms with Crippen LogP contribution in [0.5, 0.6) is 5.75 Å². The Bertz CT molecular complexity index is 1030. The van der Waals surface area contributed by atoms with Crippen LogP contribution in [0.25, 0.3) is 0 Å². The third kappa shape index (κ3) is 4.97. The molecule has 164 valence electrons. The molecule has 1 aliphatic heterocycles. The third-order valence-electron chi connectivity index (χ3n) is 5.82. The van der Waals surface area contributed by atoms with Gasteiger partial charge in [-0.3, -0.25) is 14.6 Å². The van der Waals surface area contributed by atoms with Crippen LogP contribution >= 0.6 is 0 Å². The molecule has 0 bridgehead atoms. The first-order valence-electron chi connectivity index (χ1n) is 10.8. The smallest absolute Gasteiger partial charge is 0.262 e. The fourth-order valence-electron chi connectivity index (χ4n) is 4.17. The number of aryl methyl sites for hydroxylation is 1. The van der Waals surface area contributed by atoms with Crippen LogP contribution in [0.15, 0.2) is 85.2 Å². The summed E-state index contributed by atoms with van der Waals surface area (Å²) < 4.78 is 5.73. The fourth-order valence-corrected chi connectivity index (χ4v) is 4.17. The molecule has 0 N–H and O–H groups in total. The minimum atomic E-state index is -0.572. The van der Waals surface area contributed by atoms with Gasteiger partial charge in [0.15, 0.2) is 6.61 Å². The van der Waals surface area contributed by atoms with Crippen molar-refractivity contribution in [3.8, 4) is 5.75 Å². The zero-order valence-corrected chi connectivity index (χ0v) is 18.1. The lowest BCUT2D eigenvalue weighted by molar-refractivity contribution is -0.138. The summed E-state index contributed by atoms with van der Waals surface area (Å²) >= 11 is 0. The van der Waals surface area contributed by atoms with Crippen LogP contribution in [0.4, 0.5) is 0 Å². The SMILES string of the molecule is CN1C(=O)C(Cc2cccnc2)N(C(=O)COc2ccccc2)C1CCc1ccccc1. The highest BCUT2D eigenvalue weighted by molar-refractivity contribution is 5.92. The zero-order valence-electron chi connectivity index (χ0n) is 18.1. The second-order valence-corrected chi connectivity index (χ2v) is 7.94. The van der Waals surface area contributed by atoms with E-state index in [1.165, 1.54) is 5.56 Å². The lowest BCUT2D eigenvalue weighted by Gasteiger charge is -2.30. The minimum Gasteiger partial charge on any atom is -0.484 e. The topological polar surface area (TPSA) is 62.7 Å². The molecular formula is C26H27N3O3. The minimum absolute atomic E-state index is 0.0556. The number of pyridine rings is 1. The predicted molar refractivity (Wildman–Crippen MR) is 122 cm³/mol. The lowest BCUT2D eigenvalue weighted by Crippen LogP contribution is -2.47. The standard InChI is InChI=1S/C26H27N3O3/c1-28-24(15-14-20-9-4-2-5-10-20)29(25(30)19-32-22-12-6-3-7-13-22)23(26(28)31)17-21-11-8-16-27-18-21/h2-13,16,18,23-24H,14-15,17,19H2,1H3. The number of benzene rings is 2. The highest BCUT2D eigenvalue weighted by atomic mass is 16.5. The van der Waals surface area contributed by atoms with Gasteiger partial charge in [-0.25, -0.2) is 0 Å². The highest BCUT2D eigenvalue weighted by Gasteiger charge is 2.46. The van der Waals surface area contributed by atoms with Crippen molar-refractivity contribution in [3.63, 3.8) is 0 Å². The van der Waals surface area contributed by atoms with Gasteiger partial charge >= 0.3 is 0 Å². The molecule has 4 rings (SSSR count). The second-order valence-electron chi connectivity index (χ2n) is 7.94. The predicted octanol–water partition coefficient (Wildman–Crippen LogP) is 3.33. The van der Waals surface area contributed by atoms with E-state index in [4.69, 9.17) is 4.74 Å². The van der Waals surface area contributed by atoms with Gasteiger partial charge in [-0.2, -0.15) is 0 Å². The number of carbonyl (C=O) groups excluding carboxylic acids is 2. The Morgan fingerprint density at radius 3 is 2.34 bits per heavy atom. The van der Waals surface area contributed by atoms with Gasteiger partial charge in [0.2, 0.25) is 5.91 Å². The van der Waals surface area contributed by atoms with Crippen molar-refractivity contribution in [3.05, 3.63) is 96.3 Å². The van der Waals surface area contributed by atoms with Gasteiger partial charge in [0, 0.05) is 25.9 Å². The molecule has 1 aliphatic rings. The molecule has 0 aliphatic carbocycles. The van der Waals surface area contributed by atoms with Crippen LogP contribution in [0, 0.1) is 0 Å². The summed E-state index contributed by atoms with van der Waals surface area (Å²) in [6, 6.07) is 22.6. The molecule has 32 heavy (non-hydrogen) atoms. The number of rotatable bonds is 8. The largest absolute Gasteiger partial charge is 0.484 e. The van der Waals surface area contributed by atoms with Gasteiger partial charge in [-0.05, 0) is 42.2 Å². The van der Waals surface area contributed by atoms with Crippen LogP contribution in [-0.4, -0.2) is 52.5 Å². The first-order chi connectivity index (χ1) is 15.6. The van der Waals surface area contributed by atoms with Crippen LogP contribution < -0.4 is 4.74 Å². The Kier molecular flexibility index (Phi) is 6.80. The van der Waals surface area contributed by atoms with Gasteiger partial charge in [0.25, 0.3) is 5.91 Å². The summed E-state index contributed by atoms with van der Waals surface area (Å²) in [4.78, 5) is 34.1. The zero-order chi connectivity index (χ0) is 22.3. The average Bonchev–Trinajstić information content (AvgIpc) is 3.07. The number of ether oxygens (including phenoxy) is 1. The van der Waals surface area contributed by atoms with E-state index in [1.807, 2.05) is 60.7 Å². The van der Waals surface area contributed by atoms with Crippen LogP contribution in [-0.2, 0) is 22.4 Å². The molecule has 2 heterocycles. The lowest BCUT2D eigenvalue weighted by atomic mass is 10.1. The molecule has 3 aromatic rings. The van der Waals surface area contributed by atoms with E-state index in [2.05, 4.69) is 17.1 Å². The summed E-state index contributed by atoms with van der Waals surface area (Å²) in [5.41, 5.74) is 2.10. The molecule has 0 radical (unpaired) electrons. The summed E-state index contributed by atoms with van der Waals surface area (Å²) in [7, 11) is 1.78. The van der Waals surface area contributed by atoms with Crippen molar-refractivity contribution < 1.29 is 14.3 Å². The van der Waals surface area contributed by atoms with E-state index >= 15 is 0 Å². The number of aromatic nitrogens is 1. The molecule has 1 aromatic heterocycles. The normalized spacial score (nSPS) is 18.1. The van der Waals surface area contributed by atoms with Gasteiger partial charge in [-0.15, -0.1) is 0 Å². The number of para-hydroxylation sites is 1. The maximum absolute atomic E-state index is 13.3. The molecule has 1 fully saturated rings. The molecule has 1 saturated heterocycles. The molecule has 2 unspecified atom stereocenters. The Balaban J connectivity index is 1.54. The van der Waals surface area contributed by atoms with Gasteiger partial charge in [-0.1, -0.05) is 54.6 Å². The van der Waals surface area contributed by atoms with Crippen molar-refractivity contribution in [2.75, 3.05) is 13.7 Å². The fraction of sp³-hybridized carbons (Fsp3) is 0.269. The quantitative estimate of drug-likeness (QED) is 0.551. The van der Waals surface area contributed by atoms with Crippen molar-refractivity contribution in [2.45, 2.75) is 31.5 Å². The van der Waals surface area contributed by atoms with Gasteiger partial charge < -0.3 is 14.5 Å². The van der Waals surface area contributed by atoms with E-state index in [1.54, 1.807) is 29.2 Å². The molecule has 6 nitrogen and oxygen atoms in total. The van der Waals surface area contributed by atoms with Crippen molar-refractivity contribution >= 4 is 11.8 Å². The van der Waals surface area contributed by atoms with E-state index in [-0.39, 0.29) is 24.6 Å². The van der Waals surface area contributed by atoms with E-state index in [0.29, 0.717) is 18.6 Å². The summed E-state index contributed by atoms with van der Waals surface area (Å²) in [5, 5.41) is 0. The number of likely N-dealkylation sites (N-methyl/N-ethyl adjacent to an activating group) is 1. The van der Waals surface area contributed by atoms with E-state index in [0.717, 1.165) is 12.0 Å². The van der Waals surface area contributed by atoms with Crippen molar-refractivity contribution in [2.24, 2.45) is 0 Å². The summed E-state index contributed by atoms with van der Waals surface area (Å²) in [6.07, 6.45) is 4.98. The van der Waals surface area contributed by atoms with Crippen molar-refractivity contribution in [1.29, 1.82) is 0 Å². The number of nitrogens with zero attached hydrogens (tertiary/aromatic N) is 3. The molecule has 0 spiro atoms. The maximum Gasteiger partial charge on any atom is 0.262 e. The van der Waals surface area contributed by atoms with Crippen LogP contribution in [0.3, 0.4) is 0 Å². The Hall–Kier alpha value is -3.67.